The molecule has 0 radical (unpaired) electrons. The van der Waals surface area contributed by atoms with Gasteiger partial charge in [0.25, 0.3) is 0 Å². The third kappa shape index (κ3) is 4.50. The molecule has 0 unspecified atom stereocenters. The first-order valence-corrected chi connectivity index (χ1v) is 9.07. The normalized spacial score (nSPS) is 22.2. The molecule has 10 heteroatoms. The molecule has 2 rings (SSSR count). The molecule has 1 saturated carbocycles. The Kier molecular flexibility index (Phi) is 5.59. The number of nitrogens with zero attached hydrogens (tertiary/aromatic N) is 2. The van der Waals surface area contributed by atoms with Crippen LogP contribution in [0.2, 0.25) is 0 Å². The largest absolute Gasteiger partial charge is 0.511 e. The summed E-state index contributed by atoms with van der Waals surface area (Å²) in [6, 6.07) is 2.30. The number of halogens is 3. The van der Waals surface area contributed by atoms with E-state index in [2.05, 4.69) is 10.3 Å². The molecule has 24 heavy (non-hydrogen) atoms. The summed E-state index contributed by atoms with van der Waals surface area (Å²) < 4.78 is 62.3. The van der Waals surface area contributed by atoms with Gasteiger partial charge in [0.2, 0.25) is 0 Å². The van der Waals surface area contributed by atoms with Crippen LogP contribution in [0.25, 0.3) is 0 Å². The first-order valence-electron chi connectivity index (χ1n) is 7.58. The van der Waals surface area contributed by atoms with Crippen LogP contribution in [0.1, 0.15) is 25.7 Å². The van der Waals surface area contributed by atoms with Crippen molar-refractivity contribution in [3.05, 3.63) is 18.3 Å². The van der Waals surface area contributed by atoms with Crippen molar-refractivity contribution in [3.63, 3.8) is 0 Å². The fraction of sp³-hybridized carbons (Fsp3) is 0.643. The summed E-state index contributed by atoms with van der Waals surface area (Å²) in [6.45, 7) is 0. The molecule has 136 valence electrons. The lowest BCUT2D eigenvalue weighted by Crippen LogP contribution is -2.51. The molecule has 0 aromatic carbocycles. The van der Waals surface area contributed by atoms with E-state index < -0.39 is 27.6 Å². The molecule has 0 aliphatic heterocycles. The summed E-state index contributed by atoms with van der Waals surface area (Å²) in [4.78, 5) is 6.03. The van der Waals surface area contributed by atoms with E-state index in [4.69, 9.17) is 0 Å². The molecule has 1 aliphatic rings. The third-order valence-corrected chi connectivity index (χ3v) is 5.19. The minimum Gasteiger partial charge on any atom is -0.378 e. The molecule has 0 saturated heterocycles. The van der Waals surface area contributed by atoms with Crippen molar-refractivity contribution in [1.82, 2.24) is 9.71 Å². The number of nitrogens with one attached hydrogen (secondary N) is 2. The predicted octanol–water partition coefficient (Wildman–Crippen LogP) is 2.31. The van der Waals surface area contributed by atoms with E-state index in [0.29, 0.717) is 25.1 Å². The van der Waals surface area contributed by atoms with Crippen LogP contribution in [0.15, 0.2) is 18.3 Å². The maximum Gasteiger partial charge on any atom is 0.511 e. The number of rotatable bonds is 5. The van der Waals surface area contributed by atoms with E-state index in [1.807, 2.05) is 19.0 Å². The van der Waals surface area contributed by atoms with E-state index in [1.165, 1.54) is 0 Å². The van der Waals surface area contributed by atoms with E-state index in [1.54, 1.807) is 23.1 Å². The second kappa shape index (κ2) is 7.14. The van der Waals surface area contributed by atoms with Crippen LogP contribution in [-0.4, -0.2) is 45.1 Å². The zero-order chi connectivity index (χ0) is 18.0. The van der Waals surface area contributed by atoms with Crippen molar-refractivity contribution in [1.29, 1.82) is 0 Å². The SMILES string of the molecule is CN(C)c1ccnc(N[C@@H]2CCCC[C@H]2NS(=O)(=O)C(F)(F)F)c1. The van der Waals surface area contributed by atoms with Crippen LogP contribution in [0, 0.1) is 0 Å². The van der Waals surface area contributed by atoms with Crippen LogP contribution in [-0.2, 0) is 10.0 Å². The number of alkyl halides is 3. The van der Waals surface area contributed by atoms with Crippen LogP contribution < -0.4 is 14.9 Å². The molecule has 1 heterocycles. The summed E-state index contributed by atoms with van der Waals surface area (Å²) >= 11 is 0. The molecule has 1 aromatic heterocycles. The van der Waals surface area contributed by atoms with Crippen molar-refractivity contribution in [3.8, 4) is 0 Å². The van der Waals surface area contributed by atoms with E-state index in [0.717, 1.165) is 12.1 Å². The van der Waals surface area contributed by atoms with Gasteiger partial charge in [-0.1, -0.05) is 12.8 Å². The van der Waals surface area contributed by atoms with Gasteiger partial charge in [-0.05, 0) is 18.9 Å². The second-order valence-corrected chi connectivity index (χ2v) is 7.71. The number of sulfonamides is 1. The van der Waals surface area contributed by atoms with Gasteiger partial charge in [-0.3, -0.25) is 0 Å². The Labute approximate surface area is 139 Å². The van der Waals surface area contributed by atoms with Gasteiger partial charge < -0.3 is 10.2 Å². The number of aromatic nitrogens is 1. The highest BCUT2D eigenvalue weighted by molar-refractivity contribution is 7.90. The Balaban J connectivity index is 2.14. The maximum absolute atomic E-state index is 12.6. The summed E-state index contributed by atoms with van der Waals surface area (Å²) in [5.74, 6) is 0.504. The molecule has 2 atom stereocenters. The Morgan fingerprint density at radius 2 is 1.83 bits per heavy atom. The van der Waals surface area contributed by atoms with Gasteiger partial charge >= 0.3 is 15.5 Å². The maximum atomic E-state index is 12.6. The summed E-state index contributed by atoms with van der Waals surface area (Å²) in [7, 11) is -1.64. The van der Waals surface area contributed by atoms with Gasteiger partial charge in [-0.15, -0.1) is 0 Å². The molecule has 1 fully saturated rings. The quantitative estimate of drug-likeness (QED) is 0.837. The highest BCUT2D eigenvalue weighted by Crippen LogP contribution is 2.27. The van der Waals surface area contributed by atoms with E-state index >= 15 is 0 Å². The molecule has 0 bridgehead atoms. The standard InChI is InChI=1S/C14H21F3N4O2S/c1-21(2)10-7-8-18-13(9-10)19-11-5-3-4-6-12(11)20-24(22,23)14(15,16)17/h7-9,11-12,20H,3-6H2,1-2H3,(H,18,19)/t11-,12-/m1/s1. The van der Waals surface area contributed by atoms with E-state index in [9.17, 15) is 21.6 Å². The number of pyridine rings is 1. The van der Waals surface area contributed by atoms with Crippen molar-refractivity contribution < 1.29 is 21.6 Å². The van der Waals surface area contributed by atoms with Crippen molar-refractivity contribution in [2.24, 2.45) is 0 Å². The van der Waals surface area contributed by atoms with Gasteiger partial charge in [0.05, 0.1) is 0 Å². The smallest absolute Gasteiger partial charge is 0.378 e. The molecule has 2 N–H and O–H groups in total. The van der Waals surface area contributed by atoms with Crippen molar-refractivity contribution >= 4 is 21.5 Å². The lowest BCUT2D eigenvalue weighted by atomic mass is 9.91. The third-order valence-electron chi connectivity index (χ3n) is 3.97. The Hall–Kier alpha value is -1.55. The van der Waals surface area contributed by atoms with Crippen LogP contribution in [0.5, 0.6) is 0 Å². The van der Waals surface area contributed by atoms with Gasteiger partial charge in [-0.25, -0.2) is 18.1 Å². The second-order valence-electron chi connectivity index (χ2n) is 6.00. The average Bonchev–Trinajstić information content (AvgIpc) is 2.48. The molecule has 6 nitrogen and oxygen atoms in total. The van der Waals surface area contributed by atoms with Gasteiger partial charge in [-0.2, -0.15) is 13.2 Å². The minimum absolute atomic E-state index is 0.348. The monoisotopic (exact) mass is 366 g/mol. The summed E-state index contributed by atoms with van der Waals surface area (Å²) in [5, 5.41) is 3.07. The molecule has 0 amide bonds. The molecular weight excluding hydrogens is 345 g/mol. The lowest BCUT2D eigenvalue weighted by Gasteiger charge is -2.33. The highest BCUT2D eigenvalue weighted by atomic mass is 32.2. The Bertz CT molecular complexity index is 664. The molecule has 1 aromatic rings. The first kappa shape index (κ1) is 18.8. The fourth-order valence-electron chi connectivity index (χ4n) is 2.68. The predicted molar refractivity (Wildman–Crippen MR) is 86.3 cm³/mol. The number of hydrogen-bond acceptors (Lipinski definition) is 5. The van der Waals surface area contributed by atoms with Crippen LogP contribution in [0.3, 0.4) is 0 Å². The fourth-order valence-corrected chi connectivity index (χ4v) is 3.49. The van der Waals surface area contributed by atoms with Gasteiger partial charge in [0, 0.05) is 44.1 Å². The van der Waals surface area contributed by atoms with Crippen LogP contribution >= 0.6 is 0 Å². The van der Waals surface area contributed by atoms with Crippen LogP contribution in [0.4, 0.5) is 24.7 Å². The lowest BCUT2D eigenvalue weighted by molar-refractivity contribution is -0.0452. The Morgan fingerprint density at radius 1 is 1.21 bits per heavy atom. The molecule has 1 aliphatic carbocycles. The summed E-state index contributed by atoms with van der Waals surface area (Å²) in [6.07, 6.45) is 4.00. The highest BCUT2D eigenvalue weighted by Gasteiger charge is 2.47. The van der Waals surface area contributed by atoms with Gasteiger partial charge in [0.1, 0.15) is 5.82 Å². The van der Waals surface area contributed by atoms with E-state index in [-0.39, 0.29) is 0 Å². The average molecular weight is 366 g/mol. The molecule has 0 spiro atoms. The topological polar surface area (TPSA) is 74.3 Å². The summed E-state index contributed by atoms with van der Waals surface area (Å²) in [5.41, 5.74) is -4.42. The number of hydrogen-bond donors (Lipinski definition) is 2. The van der Waals surface area contributed by atoms with Gasteiger partial charge in [0.15, 0.2) is 0 Å². The van der Waals surface area contributed by atoms with Crippen molar-refractivity contribution in [2.75, 3.05) is 24.3 Å². The van der Waals surface area contributed by atoms with Crippen molar-refractivity contribution in [2.45, 2.75) is 43.3 Å². The minimum atomic E-state index is -5.36. The zero-order valence-electron chi connectivity index (χ0n) is 13.5. The first-order chi connectivity index (χ1) is 11.1. The molecular formula is C14H21F3N4O2S. The zero-order valence-corrected chi connectivity index (χ0v) is 14.3. The number of anilines is 2. The Morgan fingerprint density at radius 3 is 2.42 bits per heavy atom.